The molecule has 0 saturated carbocycles. The van der Waals surface area contributed by atoms with Gasteiger partial charge in [-0.05, 0) is 37.4 Å². The van der Waals surface area contributed by atoms with E-state index in [1.165, 1.54) is 6.07 Å². The Morgan fingerprint density at radius 2 is 1.93 bits per heavy atom. The first-order valence-corrected chi connectivity index (χ1v) is 10.6. The number of carbonyl (C=O) groups is 1. The Balaban J connectivity index is 1.61. The normalized spacial score (nSPS) is 14.7. The number of rotatable bonds is 4. The van der Waals surface area contributed by atoms with Crippen molar-refractivity contribution in [2.75, 3.05) is 32.1 Å². The number of amides is 1. The predicted molar refractivity (Wildman–Crippen MR) is 114 cm³/mol. The van der Waals surface area contributed by atoms with Crippen LogP contribution < -0.4 is 4.90 Å². The maximum absolute atomic E-state index is 14.5. The summed E-state index contributed by atoms with van der Waals surface area (Å²) in [5, 5.41) is 3.94. The number of aryl methyl sites for hydroxylation is 1. The first-order valence-electron chi connectivity index (χ1n) is 9.83. The van der Waals surface area contributed by atoms with E-state index in [0.717, 1.165) is 30.1 Å². The van der Waals surface area contributed by atoms with Crippen molar-refractivity contribution in [2.24, 2.45) is 0 Å². The summed E-state index contributed by atoms with van der Waals surface area (Å²) in [6, 6.07) is 6.69. The smallest absolute Gasteiger partial charge is 0.267 e. The Labute approximate surface area is 178 Å². The number of nitrogens with zero attached hydrogens (tertiary/aromatic N) is 6. The lowest BCUT2D eigenvalue weighted by atomic mass is 9.88. The molecule has 7 nitrogen and oxygen atoms in total. The standard InChI is InChI=1S/C21H23FN6OS/c1-13-19(30-26-25-13)20(29)28-10-8-14(9-11-28)18-16(12-23-21(24-18)27(2)3)15-6-4-5-7-17(15)22/h4-7,12,14H,8-11H2,1-3H3. The second kappa shape index (κ2) is 8.43. The van der Waals surface area contributed by atoms with Crippen molar-refractivity contribution < 1.29 is 9.18 Å². The molecule has 0 spiro atoms. The quantitative estimate of drug-likeness (QED) is 0.635. The highest BCUT2D eigenvalue weighted by Crippen LogP contribution is 2.36. The van der Waals surface area contributed by atoms with E-state index in [2.05, 4.69) is 14.6 Å². The largest absolute Gasteiger partial charge is 0.347 e. The van der Waals surface area contributed by atoms with Crippen LogP contribution in [-0.2, 0) is 0 Å². The fourth-order valence-electron chi connectivity index (χ4n) is 3.73. The third-order valence-corrected chi connectivity index (χ3v) is 6.20. The average molecular weight is 427 g/mol. The molecule has 3 aromatic rings. The van der Waals surface area contributed by atoms with Gasteiger partial charge in [-0.3, -0.25) is 4.79 Å². The predicted octanol–water partition coefficient (Wildman–Crippen LogP) is 3.53. The molecule has 1 aliphatic rings. The monoisotopic (exact) mass is 426 g/mol. The molecule has 1 aliphatic heterocycles. The Bertz CT molecular complexity index is 1060. The Hall–Kier alpha value is -2.94. The summed E-state index contributed by atoms with van der Waals surface area (Å²) in [7, 11) is 3.77. The highest BCUT2D eigenvalue weighted by molar-refractivity contribution is 7.07. The van der Waals surface area contributed by atoms with Crippen LogP contribution in [0.2, 0.25) is 0 Å². The molecule has 2 aromatic heterocycles. The Morgan fingerprint density at radius 3 is 2.57 bits per heavy atom. The van der Waals surface area contributed by atoms with E-state index < -0.39 is 0 Å². The fourth-order valence-corrected chi connectivity index (χ4v) is 4.35. The van der Waals surface area contributed by atoms with Gasteiger partial charge in [-0.25, -0.2) is 14.4 Å². The lowest BCUT2D eigenvalue weighted by Crippen LogP contribution is -2.38. The topological polar surface area (TPSA) is 75.1 Å². The summed E-state index contributed by atoms with van der Waals surface area (Å²) in [4.78, 5) is 26.2. The molecule has 0 aliphatic carbocycles. The van der Waals surface area contributed by atoms with Gasteiger partial charge in [0.1, 0.15) is 10.7 Å². The van der Waals surface area contributed by atoms with E-state index in [4.69, 9.17) is 4.98 Å². The molecule has 0 atom stereocenters. The van der Waals surface area contributed by atoms with Crippen LogP contribution in [0.3, 0.4) is 0 Å². The molecule has 1 aromatic carbocycles. The van der Waals surface area contributed by atoms with Gasteiger partial charge in [0, 0.05) is 50.4 Å². The first kappa shape index (κ1) is 20.3. The number of piperidine rings is 1. The van der Waals surface area contributed by atoms with Crippen molar-refractivity contribution in [1.82, 2.24) is 24.5 Å². The molecule has 1 fully saturated rings. The van der Waals surface area contributed by atoms with Crippen molar-refractivity contribution in [3.05, 3.63) is 52.5 Å². The number of halogens is 1. The summed E-state index contributed by atoms with van der Waals surface area (Å²) >= 11 is 1.13. The van der Waals surface area contributed by atoms with Crippen LogP contribution in [0.1, 0.15) is 39.8 Å². The molecule has 0 unspecified atom stereocenters. The van der Waals surface area contributed by atoms with Crippen LogP contribution in [0.15, 0.2) is 30.5 Å². The summed E-state index contributed by atoms with van der Waals surface area (Å²) in [5.41, 5.74) is 2.72. The lowest BCUT2D eigenvalue weighted by Gasteiger charge is -2.32. The van der Waals surface area contributed by atoms with Gasteiger partial charge < -0.3 is 9.80 Å². The third-order valence-electron chi connectivity index (χ3n) is 5.38. The summed E-state index contributed by atoms with van der Waals surface area (Å²) in [6.07, 6.45) is 3.21. The number of aromatic nitrogens is 4. The summed E-state index contributed by atoms with van der Waals surface area (Å²) in [6.45, 7) is 3.02. The van der Waals surface area contributed by atoms with Gasteiger partial charge in [0.2, 0.25) is 5.95 Å². The summed E-state index contributed by atoms with van der Waals surface area (Å²) in [5.74, 6) is 0.397. The van der Waals surface area contributed by atoms with Crippen molar-refractivity contribution in [3.8, 4) is 11.1 Å². The molecule has 0 N–H and O–H groups in total. The number of hydrogen-bond donors (Lipinski definition) is 0. The van der Waals surface area contributed by atoms with Gasteiger partial charge in [-0.2, -0.15) is 0 Å². The van der Waals surface area contributed by atoms with Crippen molar-refractivity contribution in [3.63, 3.8) is 0 Å². The van der Waals surface area contributed by atoms with Gasteiger partial charge in [0.25, 0.3) is 5.91 Å². The third kappa shape index (κ3) is 3.89. The molecule has 0 radical (unpaired) electrons. The molecule has 4 rings (SSSR count). The molecule has 1 amide bonds. The molecule has 1 saturated heterocycles. The minimum atomic E-state index is -0.291. The average Bonchev–Trinajstić information content (AvgIpc) is 3.19. The van der Waals surface area contributed by atoms with Gasteiger partial charge in [0.15, 0.2) is 0 Å². The zero-order valence-corrected chi connectivity index (χ0v) is 18.0. The second-order valence-corrected chi connectivity index (χ2v) is 8.35. The lowest BCUT2D eigenvalue weighted by molar-refractivity contribution is 0.0716. The number of likely N-dealkylation sites (tertiary alicyclic amines) is 1. The van der Waals surface area contributed by atoms with Gasteiger partial charge >= 0.3 is 0 Å². The number of carbonyl (C=O) groups excluding carboxylic acids is 1. The zero-order valence-electron chi connectivity index (χ0n) is 17.2. The molecule has 0 bridgehead atoms. The van der Waals surface area contributed by atoms with Gasteiger partial charge in [-0.15, -0.1) is 5.10 Å². The van der Waals surface area contributed by atoms with E-state index in [-0.39, 0.29) is 17.6 Å². The van der Waals surface area contributed by atoms with Crippen LogP contribution in [0.5, 0.6) is 0 Å². The van der Waals surface area contributed by atoms with Crippen LogP contribution in [0, 0.1) is 12.7 Å². The Morgan fingerprint density at radius 1 is 1.20 bits per heavy atom. The SMILES string of the molecule is Cc1nnsc1C(=O)N1CCC(c2nc(N(C)C)ncc2-c2ccccc2F)CC1. The molecular formula is C21H23FN6OS. The second-order valence-electron chi connectivity index (χ2n) is 7.60. The van der Waals surface area contributed by atoms with Crippen LogP contribution >= 0.6 is 11.5 Å². The minimum Gasteiger partial charge on any atom is -0.347 e. The molecule has 30 heavy (non-hydrogen) atoms. The molecule has 9 heteroatoms. The maximum Gasteiger partial charge on any atom is 0.267 e. The highest BCUT2D eigenvalue weighted by Gasteiger charge is 2.29. The van der Waals surface area contributed by atoms with Gasteiger partial charge in [-0.1, -0.05) is 22.7 Å². The molecule has 156 valence electrons. The zero-order chi connectivity index (χ0) is 21.3. The van der Waals surface area contributed by atoms with Crippen molar-refractivity contribution in [1.29, 1.82) is 0 Å². The number of anilines is 1. The Kier molecular flexibility index (Phi) is 5.72. The fraction of sp³-hybridized carbons (Fsp3) is 0.381. The van der Waals surface area contributed by atoms with Crippen LogP contribution in [-0.4, -0.2) is 57.5 Å². The van der Waals surface area contributed by atoms with Crippen LogP contribution in [0.4, 0.5) is 10.3 Å². The van der Waals surface area contributed by atoms with E-state index in [9.17, 15) is 9.18 Å². The number of benzene rings is 1. The van der Waals surface area contributed by atoms with Crippen molar-refractivity contribution in [2.45, 2.75) is 25.7 Å². The maximum atomic E-state index is 14.5. The minimum absolute atomic E-state index is 0.0213. The number of hydrogen-bond acceptors (Lipinski definition) is 7. The molecule has 3 heterocycles. The van der Waals surface area contributed by atoms with E-state index in [1.807, 2.05) is 30.0 Å². The molecular weight excluding hydrogens is 403 g/mol. The highest BCUT2D eigenvalue weighted by atomic mass is 32.1. The summed E-state index contributed by atoms with van der Waals surface area (Å²) < 4.78 is 18.4. The first-order chi connectivity index (χ1) is 14.5. The van der Waals surface area contributed by atoms with Gasteiger partial charge in [0.05, 0.1) is 11.4 Å². The van der Waals surface area contributed by atoms with Crippen molar-refractivity contribution >= 4 is 23.4 Å². The van der Waals surface area contributed by atoms with E-state index >= 15 is 0 Å². The van der Waals surface area contributed by atoms with E-state index in [0.29, 0.717) is 40.7 Å². The van der Waals surface area contributed by atoms with E-state index in [1.54, 1.807) is 25.3 Å². The van der Waals surface area contributed by atoms with Crippen LogP contribution in [0.25, 0.3) is 11.1 Å².